The van der Waals surface area contributed by atoms with Gasteiger partial charge in [0.25, 0.3) is 0 Å². The highest BCUT2D eigenvalue weighted by atomic mass is 16.5. The summed E-state index contributed by atoms with van der Waals surface area (Å²) in [4.78, 5) is 24.6. The lowest BCUT2D eigenvalue weighted by Gasteiger charge is -2.22. The molecule has 0 aromatic carbocycles. The molecule has 6 heteroatoms. The van der Waals surface area contributed by atoms with E-state index in [-0.39, 0.29) is 18.5 Å². The molecule has 458 valence electrons. The number of hydrogen-bond acceptors (Lipinski definition) is 5. The highest BCUT2D eigenvalue weighted by molar-refractivity contribution is 5.76. The van der Waals surface area contributed by atoms with E-state index in [1.54, 1.807) is 0 Å². The molecular formula is C71H139NO5. The molecule has 3 N–H and O–H groups in total. The van der Waals surface area contributed by atoms with E-state index in [0.29, 0.717) is 25.9 Å². The van der Waals surface area contributed by atoms with Gasteiger partial charge in [0.15, 0.2) is 0 Å². The molecule has 0 saturated heterocycles. The number of carbonyl (C=O) groups excluding carboxylic acids is 2. The number of amides is 1. The number of carbonyl (C=O) groups is 2. The molecule has 0 rings (SSSR count). The summed E-state index contributed by atoms with van der Waals surface area (Å²) < 4.78 is 5.48. The van der Waals surface area contributed by atoms with Crippen LogP contribution in [0.4, 0.5) is 0 Å². The molecule has 77 heavy (non-hydrogen) atoms. The summed E-state index contributed by atoms with van der Waals surface area (Å²) in [5, 5.41) is 23.4. The number of aliphatic hydroxyl groups excluding tert-OH is 2. The summed E-state index contributed by atoms with van der Waals surface area (Å²) in [6.07, 6.45) is 82.6. The van der Waals surface area contributed by atoms with Crippen molar-refractivity contribution in [2.45, 2.75) is 418 Å². The summed E-state index contributed by atoms with van der Waals surface area (Å²) in [7, 11) is 0. The van der Waals surface area contributed by atoms with Crippen LogP contribution in [0.2, 0.25) is 0 Å². The van der Waals surface area contributed by atoms with Gasteiger partial charge in [-0.25, -0.2) is 0 Å². The molecule has 0 fully saturated rings. The van der Waals surface area contributed by atoms with Gasteiger partial charge in [-0.05, 0) is 51.4 Å². The number of hydrogen-bond donors (Lipinski definition) is 3. The fourth-order valence-corrected chi connectivity index (χ4v) is 11.4. The molecule has 6 nitrogen and oxygen atoms in total. The SMILES string of the molecule is CCCCCC/C=C\CCCCCCCC(=O)OCCCCCCCCCCCCCCCCCCCCCCCCCCCCCC(=O)NC(CO)C(O)CCCCCCCCCCCCCCCCCCCCCC. The van der Waals surface area contributed by atoms with Crippen molar-refractivity contribution >= 4 is 11.9 Å². The molecule has 2 atom stereocenters. The van der Waals surface area contributed by atoms with Gasteiger partial charge in [-0.15, -0.1) is 0 Å². The Morgan fingerprint density at radius 1 is 0.351 bits per heavy atom. The monoisotopic (exact) mass is 1090 g/mol. The molecule has 1 amide bonds. The molecule has 0 radical (unpaired) electrons. The second-order valence-corrected chi connectivity index (χ2v) is 24.6. The number of unbranched alkanes of at least 4 members (excludes halogenated alkanes) is 54. The first-order valence-electron chi connectivity index (χ1n) is 35.4. The first kappa shape index (κ1) is 75.6. The number of ether oxygens (including phenoxy) is 1. The lowest BCUT2D eigenvalue weighted by molar-refractivity contribution is -0.143. The summed E-state index contributed by atoms with van der Waals surface area (Å²) in [5.41, 5.74) is 0. The molecule has 2 unspecified atom stereocenters. The normalized spacial score (nSPS) is 12.5. The van der Waals surface area contributed by atoms with Crippen molar-refractivity contribution in [3.8, 4) is 0 Å². The van der Waals surface area contributed by atoms with Crippen molar-refractivity contribution in [1.82, 2.24) is 5.32 Å². The van der Waals surface area contributed by atoms with Crippen LogP contribution in [-0.4, -0.2) is 47.4 Å². The third kappa shape index (κ3) is 63.6. The summed E-state index contributed by atoms with van der Waals surface area (Å²) in [6, 6.07) is -0.539. The van der Waals surface area contributed by atoms with Gasteiger partial charge in [0.2, 0.25) is 5.91 Å². The van der Waals surface area contributed by atoms with E-state index in [9.17, 15) is 19.8 Å². The maximum absolute atomic E-state index is 12.5. The Morgan fingerprint density at radius 3 is 0.935 bits per heavy atom. The van der Waals surface area contributed by atoms with Crippen LogP contribution in [0, 0.1) is 0 Å². The van der Waals surface area contributed by atoms with Crippen molar-refractivity contribution < 1.29 is 24.5 Å². The van der Waals surface area contributed by atoms with Gasteiger partial charge >= 0.3 is 5.97 Å². The van der Waals surface area contributed by atoms with Crippen molar-refractivity contribution in [1.29, 1.82) is 0 Å². The van der Waals surface area contributed by atoms with E-state index in [1.165, 1.54) is 327 Å². The van der Waals surface area contributed by atoms with Crippen LogP contribution in [0.1, 0.15) is 406 Å². The minimum Gasteiger partial charge on any atom is -0.466 e. The number of rotatable bonds is 67. The van der Waals surface area contributed by atoms with Crippen LogP contribution in [0.25, 0.3) is 0 Å². The van der Waals surface area contributed by atoms with E-state index >= 15 is 0 Å². The van der Waals surface area contributed by atoms with E-state index < -0.39 is 12.1 Å². The maximum Gasteiger partial charge on any atom is 0.305 e. The Balaban J connectivity index is 3.35. The van der Waals surface area contributed by atoms with Crippen LogP contribution < -0.4 is 5.32 Å². The quantitative estimate of drug-likeness (QED) is 0.0320. The fraction of sp³-hybridized carbons (Fsp3) is 0.944. The third-order valence-corrected chi connectivity index (χ3v) is 16.8. The highest BCUT2D eigenvalue weighted by Crippen LogP contribution is 2.19. The number of nitrogens with one attached hydrogen (secondary N) is 1. The Bertz CT molecular complexity index is 1160. The maximum atomic E-state index is 12.5. The molecule has 0 aromatic heterocycles. The molecule has 0 heterocycles. The Labute approximate surface area is 482 Å². The lowest BCUT2D eigenvalue weighted by atomic mass is 10.0. The largest absolute Gasteiger partial charge is 0.466 e. The Hall–Kier alpha value is -1.40. The molecule has 0 saturated carbocycles. The van der Waals surface area contributed by atoms with Gasteiger partial charge in [0.1, 0.15) is 0 Å². The standard InChI is InChI=1S/C71H139NO5/c1-3-5-7-9-11-13-15-17-18-19-20-30-33-36-40-43-47-51-55-59-63-69(74)68(67-73)72-70(75)64-60-56-52-48-44-41-37-34-31-28-26-24-22-21-23-25-27-29-32-35-38-42-46-50-54-58-62-66-77-71(76)65-61-57-53-49-45-39-16-14-12-10-8-6-4-2/h14,16,68-69,73-74H,3-13,15,17-67H2,1-2H3,(H,72,75)/b16-14-. The zero-order chi connectivity index (χ0) is 55.7. The summed E-state index contributed by atoms with van der Waals surface area (Å²) in [6.45, 7) is 4.98. The Kier molecular flexibility index (Phi) is 65.9. The van der Waals surface area contributed by atoms with E-state index in [4.69, 9.17) is 4.74 Å². The van der Waals surface area contributed by atoms with Gasteiger partial charge in [-0.3, -0.25) is 9.59 Å². The van der Waals surface area contributed by atoms with Gasteiger partial charge in [0.05, 0.1) is 25.4 Å². The van der Waals surface area contributed by atoms with Crippen LogP contribution in [0.15, 0.2) is 12.2 Å². The third-order valence-electron chi connectivity index (χ3n) is 16.8. The van der Waals surface area contributed by atoms with E-state index in [1.807, 2.05) is 0 Å². The van der Waals surface area contributed by atoms with Gasteiger partial charge in [0, 0.05) is 12.8 Å². The van der Waals surface area contributed by atoms with Gasteiger partial charge in [-0.1, -0.05) is 353 Å². The highest BCUT2D eigenvalue weighted by Gasteiger charge is 2.20. The summed E-state index contributed by atoms with van der Waals surface area (Å²) >= 11 is 0. The minimum absolute atomic E-state index is 0.00979. The molecular weight excluding hydrogens is 947 g/mol. The Morgan fingerprint density at radius 2 is 0.610 bits per heavy atom. The van der Waals surface area contributed by atoms with Gasteiger partial charge < -0.3 is 20.3 Å². The molecule has 0 aliphatic heterocycles. The van der Waals surface area contributed by atoms with Crippen molar-refractivity contribution in [3.05, 3.63) is 12.2 Å². The zero-order valence-corrected chi connectivity index (χ0v) is 52.5. The number of allylic oxidation sites excluding steroid dienone is 2. The fourth-order valence-electron chi connectivity index (χ4n) is 11.4. The van der Waals surface area contributed by atoms with Crippen LogP contribution in [0.3, 0.4) is 0 Å². The smallest absolute Gasteiger partial charge is 0.305 e. The molecule has 0 aliphatic carbocycles. The average Bonchev–Trinajstić information content (AvgIpc) is 3.43. The van der Waals surface area contributed by atoms with Crippen LogP contribution in [0.5, 0.6) is 0 Å². The average molecular weight is 1090 g/mol. The first-order chi connectivity index (χ1) is 38.0. The first-order valence-corrected chi connectivity index (χ1v) is 35.4. The number of aliphatic hydroxyl groups is 2. The lowest BCUT2D eigenvalue weighted by Crippen LogP contribution is -2.45. The van der Waals surface area contributed by atoms with Gasteiger partial charge in [-0.2, -0.15) is 0 Å². The second-order valence-electron chi connectivity index (χ2n) is 24.6. The second kappa shape index (κ2) is 67.1. The molecule has 0 aliphatic rings. The molecule has 0 bridgehead atoms. The minimum atomic E-state index is -0.663. The zero-order valence-electron chi connectivity index (χ0n) is 52.5. The van der Waals surface area contributed by atoms with Crippen molar-refractivity contribution in [3.63, 3.8) is 0 Å². The predicted molar refractivity (Wildman–Crippen MR) is 338 cm³/mol. The van der Waals surface area contributed by atoms with E-state index in [2.05, 4.69) is 31.3 Å². The molecule has 0 aromatic rings. The number of esters is 1. The van der Waals surface area contributed by atoms with E-state index in [0.717, 1.165) is 44.9 Å². The summed E-state index contributed by atoms with van der Waals surface area (Å²) in [5.74, 6) is -0.0177. The topological polar surface area (TPSA) is 95.9 Å². The van der Waals surface area contributed by atoms with Crippen LogP contribution >= 0.6 is 0 Å². The van der Waals surface area contributed by atoms with Crippen molar-refractivity contribution in [2.75, 3.05) is 13.2 Å². The molecule has 0 spiro atoms. The van der Waals surface area contributed by atoms with Crippen molar-refractivity contribution in [2.24, 2.45) is 0 Å². The van der Waals surface area contributed by atoms with Crippen LogP contribution in [-0.2, 0) is 14.3 Å². The predicted octanol–water partition coefficient (Wildman–Crippen LogP) is 22.8.